The molecule has 2 aliphatic rings. The molecule has 18 heavy (non-hydrogen) atoms. The molecule has 2 aliphatic heterocycles. The molecule has 2 saturated heterocycles. The van der Waals surface area contributed by atoms with Crippen molar-refractivity contribution in [2.45, 2.75) is 25.8 Å². The summed E-state index contributed by atoms with van der Waals surface area (Å²) in [5.41, 5.74) is 0. The third kappa shape index (κ3) is 2.48. The van der Waals surface area contributed by atoms with Crippen molar-refractivity contribution in [3.63, 3.8) is 0 Å². The molecule has 8 heteroatoms. The smallest absolute Gasteiger partial charge is 0.367 e. The fourth-order valence-corrected chi connectivity index (χ4v) is 1.75. The van der Waals surface area contributed by atoms with Gasteiger partial charge in [0.2, 0.25) is 0 Å². The zero-order chi connectivity index (χ0) is 13.3. The fourth-order valence-electron chi connectivity index (χ4n) is 1.75. The molecule has 3 amide bonds. The molecule has 2 radical (unpaired) electrons. The van der Waals surface area contributed by atoms with E-state index in [0.29, 0.717) is 18.0 Å². The largest absolute Gasteiger partial charge is 0.436 e. The second kappa shape index (κ2) is 4.97. The predicted molar refractivity (Wildman–Crippen MR) is 58.9 cm³/mol. The summed E-state index contributed by atoms with van der Waals surface area (Å²) in [5.74, 6) is -1.45. The first-order valence-electron chi connectivity index (χ1n) is 5.70. The molecule has 2 rings (SSSR count). The molecule has 0 aliphatic carbocycles. The minimum Gasteiger partial charge on any atom is -0.367 e. The van der Waals surface area contributed by atoms with E-state index in [1.807, 2.05) is 0 Å². The van der Waals surface area contributed by atoms with E-state index in [1.165, 1.54) is 4.90 Å². The summed E-state index contributed by atoms with van der Waals surface area (Å²) in [7, 11) is 5.50. The normalized spacial score (nSPS) is 28.7. The number of rotatable bonds is 1. The Morgan fingerprint density at radius 2 is 2.22 bits per heavy atom. The van der Waals surface area contributed by atoms with Crippen LogP contribution in [-0.2, 0) is 19.2 Å². The summed E-state index contributed by atoms with van der Waals surface area (Å²) in [4.78, 5) is 40.7. The number of imide groups is 1. The molecule has 2 heterocycles. The topological polar surface area (TPSA) is 76.2 Å². The Morgan fingerprint density at radius 3 is 2.72 bits per heavy atom. The predicted octanol–water partition coefficient (Wildman–Crippen LogP) is -0.393. The van der Waals surface area contributed by atoms with Crippen LogP contribution in [-0.4, -0.2) is 55.0 Å². The van der Waals surface area contributed by atoms with Crippen LogP contribution in [0.5, 0.6) is 0 Å². The van der Waals surface area contributed by atoms with Crippen LogP contribution in [0.25, 0.3) is 0 Å². The summed E-state index contributed by atoms with van der Waals surface area (Å²) < 4.78 is 5.07. The van der Waals surface area contributed by atoms with Crippen LogP contribution >= 0.6 is 0 Å². The quantitative estimate of drug-likeness (QED) is 0.469. The molecule has 96 valence electrons. The molecular weight excluding hydrogens is 239 g/mol. The highest BCUT2D eigenvalue weighted by molar-refractivity contribution is 6.11. The Labute approximate surface area is 105 Å². The lowest BCUT2D eigenvalue weighted by atomic mass is 9.96. The van der Waals surface area contributed by atoms with Gasteiger partial charge in [0.25, 0.3) is 11.8 Å². The van der Waals surface area contributed by atoms with E-state index < -0.39 is 29.8 Å². The first-order valence-corrected chi connectivity index (χ1v) is 5.70. The molecule has 0 spiro atoms. The van der Waals surface area contributed by atoms with Gasteiger partial charge in [0.15, 0.2) is 0 Å². The van der Waals surface area contributed by atoms with E-state index in [2.05, 4.69) is 0 Å². The minimum absolute atomic E-state index is 0.00816. The van der Waals surface area contributed by atoms with E-state index in [9.17, 15) is 14.4 Å². The van der Waals surface area contributed by atoms with Crippen molar-refractivity contribution >= 4 is 25.8 Å². The third-order valence-electron chi connectivity index (χ3n) is 2.88. The van der Waals surface area contributed by atoms with Crippen LogP contribution in [0, 0.1) is 5.92 Å². The highest BCUT2D eigenvalue weighted by atomic mass is 16.7. The Kier molecular flexibility index (Phi) is 3.56. The lowest BCUT2D eigenvalue weighted by Gasteiger charge is -2.30. The van der Waals surface area contributed by atoms with Crippen LogP contribution in [0.4, 0.5) is 4.79 Å². The van der Waals surface area contributed by atoms with Crippen molar-refractivity contribution in [3.8, 4) is 0 Å². The van der Waals surface area contributed by atoms with Gasteiger partial charge < -0.3 is 9.57 Å². The number of ether oxygens (including phenoxy) is 1. The van der Waals surface area contributed by atoms with Gasteiger partial charge in [-0.2, -0.15) is 0 Å². The molecule has 0 aromatic heterocycles. The number of carbonyl (C=O) groups excluding carboxylic acids is 3. The monoisotopic (exact) mass is 252 g/mol. The van der Waals surface area contributed by atoms with Crippen LogP contribution in [0.1, 0.15) is 19.8 Å². The first kappa shape index (κ1) is 12.9. The molecule has 7 nitrogen and oxygen atoms in total. The Hall–Kier alpha value is -1.57. The Bertz CT molecular complexity index is 380. The van der Waals surface area contributed by atoms with Crippen LogP contribution < -0.4 is 0 Å². The minimum atomic E-state index is -0.780. The number of amides is 3. The Morgan fingerprint density at radius 1 is 1.50 bits per heavy atom. The maximum Gasteiger partial charge on any atom is 0.436 e. The van der Waals surface area contributed by atoms with Gasteiger partial charge in [-0.05, 0) is 6.42 Å². The van der Waals surface area contributed by atoms with Crippen LogP contribution in [0.2, 0.25) is 0 Å². The number of carbonyl (C=O) groups is 3. The highest BCUT2D eigenvalue weighted by Crippen LogP contribution is 2.20. The number of nitrogens with zero attached hydrogens (tertiary/aromatic N) is 2. The van der Waals surface area contributed by atoms with Crippen LogP contribution in [0.3, 0.4) is 0 Å². The van der Waals surface area contributed by atoms with Crippen molar-refractivity contribution in [1.29, 1.82) is 0 Å². The summed E-state index contributed by atoms with van der Waals surface area (Å²) in [6.45, 7) is 1.97. The SMILES string of the molecule is [B]C1CCN(C(=O)ON2C(=O)CC(C)C2=O)CO1. The molecule has 0 aromatic carbocycles. The van der Waals surface area contributed by atoms with E-state index in [-0.39, 0.29) is 13.2 Å². The number of hydrogen-bond donors (Lipinski definition) is 0. The number of hydrogen-bond acceptors (Lipinski definition) is 5. The highest BCUT2D eigenvalue weighted by Gasteiger charge is 2.40. The molecule has 2 fully saturated rings. The van der Waals surface area contributed by atoms with E-state index in [0.717, 1.165) is 0 Å². The van der Waals surface area contributed by atoms with Gasteiger partial charge in [-0.25, -0.2) is 4.79 Å². The molecule has 0 N–H and O–H groups in total. The lowest BCUT2D eigenvalue weighted by molar-refractivity contribution is -0.177. The Balaban J connectivity index is 1.91. The molecule has 0 bridgehead atoms. The maximum atomic E-state index is 11.7. The third-order valence-corrected chi connectivity index (χ3v) is 2.88. The van der Waals surface area contributed by atoms with Gasteiger partial charge in [-0.3, -0.25) is 14.5 Å². The van der Waals surface area contributed by atoms with E-state index >= 15 is 0 Å². The second-order valence-electron chi connectivity index (χ2n) is 4.38. The fraction of sp³-hybridized carbons (Fsp3) is 0.700. The van der Waals surface area contributed by atoms with Crippen molar-refractivity contribution < 1.29 is 24.0 Å². The lowest BCUT2D eigenvalue weighted by Crippen LogP contribution is -2.45. The number of hydroxylamine groups is 2. The average Bonchev–Trinajstić information content (AvgIpc) is 2.57. The molecule has 0 aromatic rings. The summed E-state index contributed by atoms with van der Waals surface area (Å²) >= 11 is 0. The molecule has 0 saturated carbocycles. The zero-order valence-electron chi connectivity index (χ0n) is 10.00. The van der Waals surface area contributed by atoms with Gasteiger partial charge in [0.05, 0.1) is 0 Å². The molecular formula is C10H13BN2O5. The summed E-state index contributed by atoms with van der Waals surface area (Å²) in [6, 6.07) is -0.399. The standard InChI is InChI=1S/C10H13BN2O5/c1-6-4-8(14)13(9(6)15)18-10(16)12-3-2-7(11)17-5-12/h6-7H,2-5H2,1H3. The first-order chi connectivity index (χ1) is 8.49. The van der Waals surface area contributed by atoms with Gasteiger partial charge in [-0.1, -0.05) is 6.92 Å². The van der Waals surface area contributed by atoms with Crippen molar-refractivity contribution in [1.82, 2.24) is 9.96 Å². The summed E-state index contributed by atoms with van der Waals surface area (Å²) in [5, 5.41) is 0.529. The van der Waals surface area contributed by atoms with Gasteiger partial charge in [0, 0.05) is 24.9 Å². The summed E-state index contributed by atoms with van der Waals surface area (Å²) in [6.07, 6.45) is -0.237. The van der Waals surface area contributed by atoms with Gasteiger partial charge in [0.1, 0.15) is 14.6 Å². The van der Waals surface area contributed by atoms with Crippen LogP contribution in [0.15, 0.2) is 0 Å². The second-order valence-corrected chi connectivity index (χ2v) is 4.38. The van der Waals surface area contributed by atoms with Gasteiger partial charge in [-0.15, -0.1) is 5.06 Å². The molecule has 2 unspecified atom stereocenters. The van der Waals surface area contributed by atoms with Crippen molar-refractivity contribution in [2.24, 2.45) is 5.92 Å². The van der Waals surface area contributed by atoms with E-state index in [1.54, 1.807) is 6.92 Å². The molecule has 2 atom stereocenters. The van der Waals surface area contributed by atoms with Gasteiger partial charge >= 0.3 is 6.09 Å². The van der Waals surface area contributed by atoms with Crippen molar-refractivity contribution in [2.75, 3.05) is 13.3 Å². The zero-order valence-corrected chi connectivity index (χ0v) is 10.00. The maximum absolute atomic E-state index is 11.7. The average molecular weight is 252 g/mol. The van der Waals surface area contributed by atoms with E-state index in [4.69, 9.17) is 17.4 Å². The van der Waals surface area contributed by atoms with Crippen molar-refractivity contribution in [3.05, 3.63) is 0 Å².